The van der Waals surface area contributed by atoms with Gasteiger partial charge in [-0.15, -0.1) is 0 Å². The molecule has 3 aromatic rings. The fourth-order valence-corrected chi connectivity index (χ4v) is 4.79. The minimum Gasteiger partial charge on any atom is -0.353 e. The zero-order valence-corrected chi connectivity index (χ0v) is 19.4. The zero-order valence-electron chi connectivity index (χ0n) is 19.4. The van der Waals surface area contributed by atoms with Crippen molar-refractivity contribution in [3.8, 4) is 0 Å². The lowest BCUT2D eigenvalue weighted by molar-refractivity contribution is 0.0668. The van der Waals surface area contributed by atoms with E-state index in [0.717, 1.165) is 25.2 Å². The fourth-order valence-electron chi connectivity index (χ4n) is 4.79. The molecule has 2 aromatic carbocycles. The first-order valence-corrected chi connectivity index (χ1v) is 11.5. The summed E-state index contributed by atoms with van der Waals surface area (Å²) in [5.41, 5.74) is 2.81. The van der Waals surface area contributed by atoms with Crippen LogP contribution in [0.5, 0.6) is 0 Å². The van der Waals surface area contributed by atoms with Gasteiger partial charge in [-0.05, 0) is 73.9 Å². The van der Waals surface area contributed by atoms with Crippen LogP contribution in [-0.4, -0.2) is 46.0 Å². The van der Waals surface area contributed by atoms with Gasteiger partial charge in [0, 0.05) is 62.6 Å². The molecule has 4 nitrogen and oxygen atoms in total. The van der Waals surface area contributed by atoms with Gasteiger partial charge >= 0.3 is 0 Å². The molecule has 0 N–H and O–H groups in total. The van der Waals surface area contributed by atoms with Crippen molar-refractivity contribution in [3.05, 3.63) is 95.3 Å². The summed E-state index contributed by atoms with van der Waals surface area (Å²) in [5.74, 6) is -0.310. The summed E-state index contributed by atoms with van der Waals surface area (Å²) < 4.78 is 29.1. The van der Waals surface area contributed by atoms with Crippen LogP contribution < -0.4 is 0 Å². The molecule has 1 saturated heterocycles. The second kappa shape index (κ2) is 9.87. The molecular weight excluding hydrogens is 420 g/mol. The van der Waals surface area contributed by atoms with Gasteiger partial charge in [-0.1, -0.05) is 12.1 Å². The molecule has 1 aromatic heterocycles. The summed E-state index contributed by atoms with van der Waals surface area (Å²) in [6.07, 6.45) is 2.04. The molecular formula is C27H31F2N3O. The van der Waals surface area contributed by atoms with Crippen molar-refractivity contribution in [2.24, 2.45) is 13.0 Å². The predicted octanol–water partition coefficient (Wildman–Crippen LogP) is 5.07. The summed E-state index contributed by atoms with van der Waals surface area (Å²) >= 11 is 0. The van der Waals surface area contributed by atoms with Crippen molar-refractivity contribution in [1.82, 2.24) is 14.4 Å². The average Bonchev–Trinajstić information content (AvgIpc) is 3.38. The maximum Gasteiger partial charge on any atom is 0.254 e. The van der Waals surface area contributed by atoms with E-state index in [0.29, 0.717) is 12.1 Å². The van der Waals surface area contributed by atoms with Crippen molar-refractivity contribution in [2.45, 2.75) is 32.4 Å². The Balaban J connectivity index is 1.57. The monoisotopic (exact) mass is 451 g/mol. The van der Waals surface area contributed by atoms with Crippen molar-refractivity contribution in [2.75, 3.05) is 19.6 Å². The molecule has 1 amide bonds. The summed E-state index contributed by atoms with van der Waals surface area (Å²) in [7, 11) is 2.04. The number of benzene rings is 2. The molecule has 33 heavy (non-hydrogen) atoms. The molecule has 6 heteroatoms. The molecule has 2 atom stereocenters. The SMILES string of the molecule is CC(C)N(C[C@@H]1CN(Cc2cccn2C)C[C@H]1c1ccc(F)cc1)C(=O)c1ccc(F)cc1. The van der Waals surface area contributed by atoms with Gasteiger partial charge in [-0.3, -0.25) is 9.69 Å². The number of aryl methyl sites for hydroxylation is 1. The van der Waals surface area contributed by atoms with Crippen LogP contribution in [0.15, 0.2) is 66.9 Å². The number of halogens is 2. The normalized spacial score (nSPS) is 18.7. The molecule has 0 unspecified atom stereocenters. The molecule has 0 radical (unpaired) electrons. The standard InChI is InChI=1S/C27H31F2N3O/c1-19(2)32(27(33)21-8-12-24(29)13-9-21)16-22-15-31(17-25-5-4-14-30(25)3)18-26(22)20-6-10-23(28)11-7-20/h4-14,19,22,26H,15-18H2,1-3H3/t22-,26-/m0/s1. The quantitative estimate of drug-likeness (QED) is 0.502. The van der Waals surface area contributed by atoms with Gasteiger partial charge in [0.1, 0.15) is 11.6 Å². The lowest BCUT2D eigenvalue weighted by Crippen LogP contribution is -2.42. The van der Waals surface area contributed by atoms with Crippen LogP contribution in [0, 0.1) is 17.6 Å². The van der Waals surface area contributed by atoms with E-state index in [4.69, 9.17) is 0 Å². The van der Waals surface area contributed by atoms with Gasteiger partial charge in [-0.25, -0.2) is 8.78 Å². The van der Waals surface area contributed by atoms with Crippen LogP contribution in [0.2, 0.25) is 0 Å². The highest BCUT2D eigenvalue weighted by Crippen LogP contribution is 2.35. The number of carbonyl (C=O) groups excluding carboxylic acids is 1. The van der Waals surface area contributed by atoms with E-state index < -0.39 is 0 Å². The Morgan fingerprint density at radius 1 is 1.00 bits per heavy atom. The van der Waals surface area contributed by atoms with Gasteiger partial charge in [0.05, 0.1) is 0 Å². The van der Waals surface area contributed by atoms with E-state index in [1.807, 2.05) is 50.2 Å². The summed E-state index contributed by atoms with van der Waals surface area (Å²) in [4.78, 5) is 17.6. The summed E-state index contributed by atoms with van der Waals surface area (Å²) in [5, 5.41) is 0. The number of rotatable bonds is 7. The largest absolute Gasteiger partial charge is 0.353 e. The average molecular weight is 452 g/mol. The first kappa shape index (κ1) is 23.2. The molecule has 0 bridgehead atoms. The maximum atomic E-state index is 13.6. The van der Waals surface area contributed by atoms with E-state index in [9.17, 15) is 13.6 Å². The minimum atomic E-state index is -0.355. The number of likely N-dealkylation sites (tertiary alicyclic amines) is 1. The Labute approximate surface area is 194 Å². The zero-order chi connectivity index (χ0) is 23.5. The first-order valence-electron chi connectivity index (χ1n) is 11.5. The van der Waals surface area contributed by atoms with Gasteiger partial charge in [0.25, 0.3) is 5.91 Å². The predicted molar refractivity (Wildman–Crippen MR) is 126 cm³/mol. The van der Waals surface area contributed by atoms with Crippen molar-refractivity contribution >= 4 is 5.91 Å². The third kappa shape index (κ3) is 5.33. The Morgan fingerprint density at radius 2 is 1.64 bits per heavy atom. The van der Waals surface area contributed by atoms with Gasteiger partial charge in [0.15, 0.2) is 0 Å². The van der Waals surface area contributed by atoms with Crippen LogP contribution in [-0.2, 0) is 13.6 Å². The lowest BCUT2D eigenvalue weighted by atomic mass is 9.88. The van der Waals surface area contributed by atoms with Crippen molar-refractivity contribution < 1.29 is 13.6 Å². The van der Waals surface area contributed by atoms with E-state index in [1.165, 1.54) is 30.0 Å². The number of hydrogen-bond donors (Lipinski definition) is 0. The number of aromatic nitrogens is 1. The molecule has 0 aliphatic carbocycles. The van der Waals surface area contributed by atoms with E-state index >= 15 is 0 Å². The maximum absolute atomic E-state index is 13.6. The highest BCUT2D eigenvalue weighted by molar-refractivity contribution is 5.94. The fraction of sp³-hybridized carbons (Fsp3) is 0.370. The highest BCUT2D eigenvalue weighted by Gasteiger charge is 2.36. The molecule has 1 aliphatic heterocycles. The van der Waals surface area contributed by atoms with Crippen molar-refractivity contribution in [1.29, 1.82) is 0 Å². The first-order chi connectivity index (χ1) is 15.8. The van der Waals surface area contributed by atoms with E-state index in [2.05, 4.69) is 15.5 Å². The second-order valence-corrected chi connectivity index (χ2v) is 9.28. The molecule has 1 aliphatic rings. The molecule has 0 saturated carbocycles. The second-order valence-electron chi connectivity index (χ2n) is 9.28. The smallest absolute Gasteiger partial charge is 0.254 e. The molecule has 4 rings (SSSR count). The van der Waals surface area contributed by atoms with Crippen LogP contribution in [0.25, 0.3) is 0 Å². The molecule has 2 heterocycles. The summed E-state index contributed by atoms with van der Waals surface area (Å²) in [6, 6.07) is 16.6. The number of carbonyl (C=O) groups is 1. The number of amides is 1. The Morgan fingerprint density at radius 3 is 2.21 bits per heavy atom. The van der Waals surface area contributed by atoms with Crippen LogP contribution in [0.3, 0.4) is 0 Å². The van der Waals surface area contributed by atoms with Gasteiger partial charge in [0.2, 0.25) is 0 Å². The third-order valence-corrected chi connectivity index (χ3v) is 6.66. The van der Waals surface area contributed by atoms with Crippen LogP contribution in [0.1, 0.15) is 41.4 Å². The Bertz CT molecular complexity index is 1080. The number of nitrogens with zero attached hydrogens (tertiary/aromatic N) is 3. The minimum absolute atomic E-state index is 0.00153. The Hall–Kier alpha value is -2.99. The molecule has 1 fully saturated rings. The van der Waals surface area contributed by atoms with Crippen LogP contribution in [0.4, 0.5) is 8.78 Å². The highest BCUT2D eigenvalue weighted by atomic mass is 19.1. The number of hydrogen-bond acceptors (Lipinski definition) is 2. The summed E-state index contributed by atoms with van der Waals surface area (Å²) in [6.45, 7) is 7.10. The molecule has 174 valence electrons. The van der Waals surface area contributed by atoms with E-state index in [-0.39, 0.29) is 35.4 Å². The lowest BCUT2D eigenvalue weighted by Gasteiger charge is -2.32. The van der Waals surface area contributed by atoms with Crippen LogP contribution >= 0.6 is 0 Å². The van der Waals surface area contributed by atoms with Crippen molar-refractivity contribution in [3.63, 3.8) is 0 Å². The topological polar surface area (TPSA) is 28.5 Å². The molecule has 0 spiro atoms. The Kier molecular flexibility index (Phi) is 6.94. The van der Waals surface area contributed by atoms with Gasteiger partial charge in [-0.2, -0.15) is 0 Å². The third-order valence-electron chi connectivity index (χ3n) is 6.66. The van der Waals surface area contributed by atoms with Gasteiger partial charge < -0.3 is 9.47 Å². The van der Waals surface area contributed by atoms with E-state index in [1.54, 1.807) is 12.1 Å².